The quantitative estimate of drug-likeness (QED) is 0.692. The molecule has 0 spiro atoms. The van der Waals surface area contributed by atoms with Gasteiger partial charge in [0.05, 0.1) is 0 Å². The first-order valence-electron chi connectivity index (χ1n) is 5.53. The van der Waals surface area contributed by atoms with Gasteiger partial charge in [-0.05, 0) is 37.5 Å². The highest BCUT2D eigenvalue weighted by Crippen LogP contribution is 2.45. The lowest BCUT2D eigenvalue weighted by molar-refractivity contribution is 0.541. The first-order valence-corrected chi connectivity index (χ1v) is 5.53. The number of benzene rings is 1. The molecule has 1 heterocycles. The average molecular weight is 197 g/mol. The summed E-state index contributed by atoms with van der Waals surface area (Å²) in [5, 5.41) is 0. The zero-order valence-electron chi connectivity index (χ0n) is 8.98. The standard InChI is InChI=1S/C14H15N/c1-14(9-10-14)15-11-5-8-13(15)12-6-3-2-4-7-12/h2-8,11H,9-10H2,1H3. The van der Waals surface area contributed by atoms with Gasteiger partial charge in [0, 0.05) is 17.4 Å². The van der Waals surface area contributed by atoms with Gasteiger partial charge >= 0.3 is 0 Å². The Bertz CT molecular complexity index is 463. The molecule has 1 heteroatoms. The van der Waals surface area contributed by atoms with Gasteiger partial charge in [0.15, 0.2) is 0 Å². The molecule has 1 aromatic heterocycles. The van der Waals surface area contributed by atoms with Crippen LogP contribution >= 0.6 is 0 Å². The zero-order chi connectivity index (χ0) is 10.3. The molecule has 0 amide bonds. The Morgan fingerprint density at radius 2 is 1.73 bits per heavy atom. The van der Waals surface area contributed by atoms with E-state index in [9.17, 15) is 0 Å². The van der Waals surface area contributed by atoms with Crippen molar-refractivity contribution in [2.24, 2.45) is 0 Å². The Morgan fingerprint density at radius 1 is 1.00 bits per heavy atom. The summed E-state index contributed by atoms with van der Waals surface area (Å²) < 4.78 is 2.42. The van der Waals surface area contributed by atoms with Crippen molar-refractivity contribution < 1.29 is 0 Å². The van der Waals surface area contributed by atoms with Gasteiger partial charge in [0.25, 0.3) is 0 Å². The minimum atomic E-state index is 0.384. The highest BCUT2D eigenvalue weighted by atomic mass is 15.1. The Kier molecular flexibility index (Phi) is 1.75. The summed E-state index contributed by atoms with van der Waals surface area (Å²) in [5.41, 5.74) is 3.04. The molecule has 0 unspecified atom stereocenters. The maximum atomic E-state index is 2.42. The van der Waals surface area contributed by atoms with E-state index in [4.69, 9.17) is 0 Å². The van der Waals surface area contributed by atoms with Gasteiger partial charge < -0.3 is 4.57 Å². The summed E-state index contributed by atoms with van der Waals surface area (Å²) in [5.74, 6) is 0. The predicted octanol–water partition coefficient (Wildman–Crippen LogP) is 3.66. The van der Waals surface area contributed by atoms with Crippen LogP contribution in [0.1, 0.15) is 19.8 Å². The van der Waals surface area contributed by atoms with Crippen LogP contribution in [0, 0.1) is 0 Å². The van der Waals surface area contributed by atoms with Crippen molar-refractivity contribution in [1.29, 1.82) is 0 Å². The van der Waals surface area contributed by atoms with Gasteiger partial charge in [-0.2, -0.15) is 0 Å². The summed E-state index contributed by atoms with van der Waals surface area (Å²) in [6.07, 6.45) is 4.82. The lowest BCUT2D eigenvalue weighted by Gasteiger charge is -2.16. The third kappa shape index (κ3) is 1.39. The molecule has 1 aliphatic carbocycles. The van der Waals surface area contributed by atoms with E-state index in [0.717, 1.165) is 0 Å². The molecule has 0 aliphatic heterocycles. The second kappa shape index (κ2) is 2.99. The van der Waals surface area contributed by atoms with E-state index < -0.39 is 0 Å². The fourth-order valence-corrected chi connectivity index (χ4v) is 2.12. The maximum Gasteiger partial charge on any atom is 0.0485 e. The van der Waals surface area contributed by atoms with E-state index in [0.29, 0.717) is 5.54 Å². The molecule has 1 fully saturated rings. The molecule has 0 radical (unpaired) electrons. The van der Waals surface area contributed by atoms with Crippen molar-refractivity contribution in [3.8, 4) is 11.3 Å². The highest BCUT2D eigenvalue weighted by molar-refractivity contribution is 5.60. The molecule has 76 valence electrons. The Labute approximate surface area is 90.4 Å². The molecule has 1 saturated carbocycles. The fourth-order valence-electron chi connectivity index (χ4n) is 2.12. The van der Waals surface area contributed by atoms with Gasteiger partial charge in [0.1, 0.15) is 0 Å². The molecule has 0 N–H and O–H groups in total. The Balaban J connectivity index is 2.10. The van der Waals surface area contributed by atoms with Crippen LogP contribution in [-0.4, -0.2) is 4.57 Å². The number of hydrogen-bond acceptors (Lipinski definition) is 0. The summed E-state index contributed by atoms with van der Waals surface area (Å²) in [7, 11) is 0. The van der Waals surface area contributed by atoms with Crippen molar-refractivity contribution in [2.75, 3.05) is 0 Å². The summed E-state index contributed by atoms with van der Waals surface area (Å²) in [6, 6.07) is 15.0. The van der Waals surface area contributed by atoms with E-state index in [1.54, 1.807) is 0 Å². The monoisotopic (exact) mass is 197 g/mol. The molecule has 2 aromatic rings. The Hall–Kier alpha value is -1.50. The molecule has 0 bridgehead atoms. The molecule has 1 nitrogen and oxygen atoms in total. The number of nitrogens with zero attached hydrogens (tertiary/aromatic N) is 1. The normalized spacial score (nSPS) is 17.7. The average Bonchev–Trinajstić information content (AvgIpc) is 2.85. The van der Waals surface area contributed by atoms with Crippen LogP contribution < -0.4 is 0 Å². The predicted molar refractivity (Wildman–Crippen MR) is 62.8 cm³/mol. The van der Waals surface area contributed by atoms with E-state index in [1.807, 2.05) is 0 Å². The molecule has 3 rings (SSSR count). The summed E-state index contributed by atoms with van der Waals surface area (Å²) in [4.78, 5) is 0. The van der Waals surface area contributed by atoms with Gasteiger partial charge in [-0.3, -0.25) is 0 Å². The van der Waals surface area contributed by atoms with Crippen LogP contribution in [0.15, 0.2) is 48.7 Å². The van der Waals surface area contributed by atoms with Gasteiger partial charge in [-0.1, -0.05) is 30.3 Å². The molecular weight excluding hydrogens is 182 g/mol. The van der Waals surface area contributed by atoms with Crippen LogP contribution in [0.5, 0.6) is 0 Å². The minimum absolute atomic E-state index is 0.384. The number of aromatic nitrogens is 1. The van der Waals surface area contributed by atoms with E-state index >= 15 is 0 Å². The second-order valence-corrected chi connectivity index (χ2v) is 4.63. The third-order valence-corrected chi connectivity index (χ3v) is 3.37. The van der Waals surface area contributed by atoms with Gasteiger partial charge in [0.2, 0.25) is 0 Å². The zero-order valence-corrected chi connectivity index (χ0v) is 8.98. The van der Waals surface area contributed by atoms with Gasteiger partial charge in [-0.25, -0.2) is 0 Å². The van der Waals surface area contributed by atoms with Crippen LogP contribution in [0.4, 0.5) is 0 Å². The number of rotatable bonds is 2. The van der Waals surface area contributed by atoms with Crippen LogP contribution in [-0.2, 0) is 5.54 Å². The molecule has 1 aromatic carbocycles. The smallest absolute Gasteiger partial charge is 0.0485 e. The summed E-state index contributed by atoms with van der Waals surface area (Å²) >= 11 is 0. The van der Waals surface area contributed by atoms with E-state index in [1.165, 1.54) is 24.1 Å². The Morgan fingerprint density at radius 3 is 2.40 bits per heavy atom. The lowest BCUT2D eigenvalue weighted by Crippen LogP contribution is -2.11. The van der Waals surface area contributed by atoms with Crippen LogP contribution in [0.3, 0.4) is 0 Å². The number of hydrogen-bond donors (Lipinski definition) is 0. The van der Waals surface area contributed by atoms with Crippen molar-refractivity contribution >= 4 is 0 Å². The largest absolute Gasteiger partial charge is 0.342 e. The molecular formula is C14H15N. The van der Waals surface area contributed by atoms with Crippen molar-refractivity contribution in [2.45, 2.75) is 25.3 Å². The first-order chi connectivity index (χ1) is 7.30. The minimum Gasteiger partial charge on any atom is -0.342 e. The fraction of sp³-hybridized carbons (Fsp3) is 0.286. The van der Waals surface area contributed by atoms with Crippen molar-refractivity contribution in [3.05, 3.63) is 48.7 Å². The molecule has 0 saturated heterocycles. The maximum absolute atomic E-state index is 2.42. The van der Waals surface area contributed by atoms with Crippen molar-refractivity contribution in [1.82, 2.24) is 4.57 Å². The van der Waals surface area contributed by atoms with Crippen LogP contribution in [0.25, 0.3) is 11.3 Å². The lowest BCUT2D eigenvalue weighted by atomic mass is 10.1. The SMILES string of the molecule is CC1(n2cccc2-c2ccccc2)CC1. The molecule has 15 heavy (non-hydrogen) atoms. The van der Waals surface area contributed by atoms with Gasteiger partial charge in [-0.15, -0.1) is 0 Å². The van der Waals surface area contributed by atoms with Crippen molar-refractivity contribution in [3.63, 3.8) is 0 Å². The van der Waals surface area contributed by atoms with E-state index in [2.05, 4.69) is 60.2 Å². The molecule has 1 aliphatic rings. The topological polar surface area (TPSA) is 4.93 Å². The second-order valence-electron chi connectivity index (χ2n) is 4.63. The highest BCUT2D eigenvalue weighted by Gasteiger charge is 2.39. The third-order valence-electron chi connectivity index (χ3n) is 3.37. The summed E-state index contributed by atoms with van der Waals surface area (Å²) in [6.45, 7) is 2.33. The van der Waals surface area contributed by atoms with E-state index in [-0.39, 0.29) is 0 Å². The van der Waals surface area contributed by atoms with Crippen LogP contribution in [0.2, 0.25) is 0 Å². The molecule has 0 atom stereocenters. The first kappa shape index (κ1) is 8.78.